The molecule has 0 radical (unpaired) electrons. The third kappa shape index (κ3) is 9.45. The predicted molar refractivity (Wildman–Crippen MR) is 143 cm³/mol. The molecule has 214 valence electrons. The molecule has 4 amide bonds. The van der Waals surface area contributed by atoms with Crippen LogP contribution in [0.15, 0.2) is 23.8 Å². The first kappa shape index (κ1) is 30.3. The summed E-state index contributed by atoms with van der Waals surface area (Å²) in [6.45, 7) is 10.5. The first-order valence-electron chi connectivity index (χ1n) is 13.2. The minimum atomic E-state index is -0.636. The molecule has 1 atom stereocenters. The van der Waals surface area contributed by atoms with E-state index in [0.29, 0.717) is 64.7 Å². The summed E-state index contributed by atoms with van der Waals surface area (Å²) >= 11 is 0. The van der Waals surface area contributed by atoms with Gasteiger partial charge < -0.3 is 29.2 Å². The van der Waals surface area contributed by atoms with Crippen LogP contribution < -0.4 is 10.6 Å². The zero-order chi connectivity index (χ0) is 28.4. The molecule has 1 unspecified atom stereocenters. The molecule has 1 aromatic carbocycles. The molecule has 3 rings (SSSR count). The second kappa shape index (κ2) is 14.2. The standard InChI is InChI=1S/C28H39N3O8/c1-19(18-38-15-14-37-13-12-36-11-10-29-27(35)39-28(2,3)4)16-20-6-5-7-21-22(20)17-31(26(21)34)23-8-9-24(32)30-25(23)33/h5-7,16,23H,8-15,17-18H2,1-4H3,(H,29,35)(H,30,32,33)/b19-16+. The summed E-state index contributed by atoms with van der Waals surface area (Å²) in [5.74, 6) is -0.912. The number of carbonyl (C=O) groups is 4. The zero-order valence-corrected chi connectivity index (χ0v) is 23.2. The molecule has 2 N–H and O–H groups in total. The van der Waals surface area contributed by atoms with Gasteiger partial charge in [0.15, 0.2) is 0 Å². The number of carbonyl (C=O) groups excluding carboxylic acids is 4. The van der Waals surface area contributed by atoms with Gasteiger partial charge in [0, 0.05) is 25.1 Å². The van der Waals surface area contributed by atoms with E-state index in [0.717, 1.165) is 16.7 Å². The Kier molecular flexibility index (Phi) is 11.0. The molecular weight excluding hydrogens is 506 g/mol. The molecule has 0 saturated carbocycles. The highest BCUT2D eigenvalue weighted by molar-refractivity contribution is 6.05. The lowest BCUT2D eigenvalue weighted by Crippen LogP contribution is -2.52. The fourth-order valence-corrected chi connectivity index (χ4v) is 4.26. The van der Waals surface area contributed by atoms with E-state index in [1.807, 2.05) is 25.1 Å². The van der Waals surface area contributed by atoms with Crippen LogP contribution >= 0.6 is 0 Å². The molecule has 0 bridgehead atoms. The smallest absolute Gasteiger partial charge is 0.407 e. The zero-order valence-electron chi connectivity index (χ0n) is 23.2. The fourth-order valence-electron chi connectivity index (χ4n) is 4.26. The third-order valence-electron chi connectivity index (χ3n) is 6.01. The van der Waals surface area contributed by atoms with E-state index in [-0.39, 0.29) is 18.2 Å². The molecule has 2 aliphatic heterocycles. The van der Waals surface area contributed by atoms with Crippen LogP contribution in [0.25, 0.3) is 6.08 Å². The number of nitrogens with one attached hydrogen (secondary N) is 2. The summed E-state index contributed by atoms with van der Waals surface area (Å²) in [6.07, 6.45) is 2.08. The molecule has 1 fully saturated rings. The van der Waals surface area contributed by atoms with Crippen molar-refractivity contribution in [3.63, 3.8) is 0 Å². The first-order chi connectivity index (χ1) is 18.5. The molecule has 0 aromatic heterocycles. The molecule has 2 aliphatic rings. The van der Waals surface area contributed by atoms with Crippen molar-refractivity contribution < 1.29 is 38.1 Å². The van der Waals surface area contributed by atoms with E-state index >= 15 is 0 Å². The van der Waals surface area contributed by atoms with Crippen LogP contribution in [0.5, 0.6) is 0 Å². The van der Waals surface area contributed by atoms with Crippen molar-refractivity contribution in [1.29, 1.82) is 0 Å². The topological polar surface area (TPSA) is 132 Å². The van der Waals surface area contributed by atoms with Gasteiger partial charge in [-0.1, -0.05) is 18.2 Å². The molecule has 11 nitrogen and oxygen atoms in total. The van der Waals surface area contributed by atoms with Gasteiger partial charge in [-0.15, -0.1) is 0 Å². The molecule has 39 heavy (non-hydrogen) atoms. The van der Waals surface area contributed by atoms with E-state index in [4.69, 9.17) is 18.9 Å². The summed E-state index contributed by atoms with van der Waals surface area (Å²) in [7, 11) is 0. The maximum Gasteiger partial charge on any atom is 0.407 e. The highest BCUT2D eigenvalue weighted by Crippen LogP contribution is 2.30. The first-order valence-corrected chi connectivity index (χ1v) is 13.2. The number of piperidine rings is 1. The fraction of sp³-hybridized carbons (Fsp3) is 0.571. The van der Waals surface area contributed by atoms with Crippen LogP contribution in [0, 0.1) is 0 Å². The van der Waals surface area contributed by atoms with Crippen LogP contribution in [0.4, 0.5) is 4.79 Å². The number of imide groups is 1. The Morgan fingerprint density at radius 2 is 1.77 bits per heavy atom. The summed E-state index contributed by atoms with van der Waals surface area (Å²) in [6, 6.07) is 4.90. The normalized spacial score (nSPS) is 17.7. The van der Waals surface area contributed by atoms with Gasteiger partial charge in [0.1, 0.15) is 11.6 Å². The number of hydrogen-bond acceptors (Lipinski definition) is 8. The van der Waals surface area contributed by atoms with Crippen molar-refractivity contribution in [2.45, 2.75) is 58.7 Å². The number of hydrogen-bond donors (Lipinski definition) is 2. The number of amides is 4. The number of alkyl carbamates (subject to hydrolysis) is 1. The van der Waals surface area contributed by atoms with Crippen molar-refractivity contribution in [2.24, 2.45) is 0 Å². The molecule has 2 heterocycles. The van der Waals surface area contributed by atoms with E-state index < -0.39 is 23.6 Å². The number of fused-ring (bicyclic) bond motifs is 1. The largest absolute Gasteiger partial charge is 0.444 e. The van der Waals surface area contributed by atoms with Crippen molar-refractivity contribution in [2.75, 3.05) is 46.2 Å². The molecule has 0 aliphatic carbocycles. The monoisotopic (exact) mass is 545 g/mol. The Labute approximate surface area is 229 Å². The van der Waals surface area contributed by atoms with Gasteiger partial charge >= 0.3 is 6.09 Å². The Morgan fingerprint density at radius 1 is 1.08 bits per heavy atom. The summed E-state index contributed by atoms with van der Waals surface area (Å²) in [5.41, 5.74) is 2.82. The lowest BCUT2D eigenvalue weighted by Gasteiger charge is -2.29. The van der Waals surface area contributed by atoms with Gasteiger partial charge in [0.05, 0.1) is 39.6 Å². The van der Waals surface area contributed by atoms with Crippen molar-refractivity contribution in [3.8, 4) is 0 Å². The Morgan fingerprint density at radius 3 is 2.46 bits per heavy atom. The quantitative estimate of drug-likeness (QED) is 0.285. The van der Waals surface area contributed by atoms with E-state index in [1.165, 1.54) is 0 Å². The van der Waals surface area contributed by atoms with Crippen molar-refractivity contribution in [3.05, 3.63) is 40.5 Å². The predicted octanol–water partition coefficient (Wildman–Crippen LogP) is 2.43. The second-order valence-corrected chi connectivity index (χ2v) is 10.5. The highest BCUT2D eigenvalue weighted by atomic mass is 16.6. The SMILES string of the molecule is C/C(=C\c1cccc2c1CN(C1CCC(=O)NC1=O)C2=O)COCCOCCOCCNC(=O)OC(C)(C)C. The Hall–Kier alpha value is -3.28. The summed E-state index contributed by atoms with van der Waals surface area (Å²) < 4.78 is 21.8. The number of rotatable bonds is 13. The summed E-state index contributed by atoms with van der Waals surface area (Å²) in [5, 5.41) is 4.95. The molecule has 1 saturated heterocycles. The Balaban J connectivity index is 1.32. The van der Waals surface area contributed by atoms with Crippen LogP contribution in [-0.2, 0) is 35.1 Å². The van der Waals surface area contributed by atoms with E-state index in [1.54, 1.807) is 31.7 Å². The number of nitrogens with zero attached hydrogens (tertiary/aromatic N) is 1. The molecule has 0 spiro atoms. The maximum absolute atomic E-state index is 13.0. The van der Waals surface area contributed by atoms with E-state index in [9.17, 15) is 19.2 Å². The minimum absolute atomic E-state index is 0.191. The third-order valence-corrected chi connectivity index (χ3v) is 6.01. The van der Waals surface area contributed by atoms with Gasteiger partial charge in [0.2, 0.25) is 11.8 Å². The maximum atomic E-state index is 13.0. The van der Waals surface area contributed by atoms with Crippen LogP contribution in [-0.4, -0.2) is 86.5 Å². The number of benzene rings is 1. The van der Waals surface area contributed by atoms with Crippen LogP contribution in [0.2, 0.25) is 0 Å². The van der Waals surface area contributed by atoms with Gasteiger partial charge in [-0.2, -0.15) is 0 Å². The highest BCUT2D eigenvalue weighted by Gasteiger charge is 2.39. The summed E-state index contributed by atoms with van der Waals surface area (Å²) in [4.78, 5) is 49.8. The second-order valence-electron chi connectivity index (χ2n) is 10.5. The average Bonchev–Trinajstić information content (AvgIpc) is 3.18. The van der Waals surface area contributed by atoms with E-state index in [2.05, 4.69) is 10.6 Å². The average molecular weight is 546 g/mol. The van der Waals surface area contributed by atoms with Gasteiger partial charge in [-0.3, -0.25) is 19.7 Å². The van der Waals surface area contributed by atoms with Gasteiger partial charge in [-0.05, 0) is 56.9 Å². The van der Waals surface area contributed by atoms with Crippen LogP contribution in [0.3, 0.4) is 0 Å². The lowest BCUT2D eigenvalue weighted by atomic mass is 10.0. The number of ether oxygens (including phenoxy) is 4. The minimum Gasteiger partial charge on any atom is -0.444 e. The van der Waals surface area contributed by atoms with Crippen LogP contribution in [0.1, 0.15) is 62.0 Å². The molecule has 11 heteroatoms. The van der Waals surface area contributed by atoms with Crippen molar-refractivity contribution in [1.82, 2.24) is 15.5 Å². The molecule has 1 aromatic rings. The lowest BCUT2D eigenvalue weighted by molar-refractivity contribution is -0.136. The van der Waals surface area contributed by atoms with Gasteiger partial charge in [0.25, 0.3) is 5.91 Å². The van der Waals surface area contributed by atoms with Gasteiger partial charge in [-0.25, -0.2) is 4.79 Å². The Bertz CT molecular complexity index is 1080. The van der Waals surface area contributed by atoms with Crippen molar-refractivity contribution >= 4 is 29.9 Å². The molecular formula is C28H39N3O8.